The number of nitrogens with zero attached hydrogens (tertiary/aromatic N) is 2. The number of fused-ring (bicyclic) bond motifs is 1. The van der Waals surface area contributed by atoms with Crippen LogP contribution in [-0.2, 0) is 9.59 Å². The molecule has 2 N–H and O–H groups in total. The molecule has 2 amide bonds. The number of rotatable bonds is 3. The van der Waals surface area contributed by atoms with Crippen LogP contribution in [0.2, 0.25) is 0 Å². The van der Waals surface area contributed by atoms with Gasteiger partial charge in [-0.2, -0.15) is 0 Å². The zero-order valence-electron chi connectivity index (χ0n) is 14.9. The van der Waals surface area contributed by atoms with Crippen molar-refractivity contribution in [1.29, 1.82) is 0 Å². The molecule has 5 heteroatoms. The van der Waals surface area contributed by atoms with Gasteiger partial charge in [0.2, 0.25) is 11.8 Å². The number of piperidine rings is 1. The largest absolute Gasteiger partial charge is 0.371 e. The van der Waals surface area contributed by atoms with Crippen LogP contribution in [0, 0.1) is 5.92 Å². The van der Waals surface area contributed by atoms with Crippen LogP contribution in [0.25, 0.3) is 10.8 Å². The van der Waals surface area contributed by atoms with Crippen LogP contribution in [0.4, 0.5) is 5.69 Å². The van der Waals surface area contributed by atoms with Gasteiger partial charge in [0.05, 0.1) is 0 Å². The van der Waals surface area contributed by atoms with Crippen molar-refractivity contribution in [2.75, 3.05) is 24.5 Å². The number of primary amides is 1. The summed E-state index contributed by atoms with van der Waals surface area (Å²) < 4.78 is 0. The lowest BCUT2D eigenvalue weighted by molar-refractivity contribution is -0.141. The molecule has 2 heterocycles. The number of amides is 2. The Labute approximate surface area is 153 Å². The van der Waals surface area contributed by atoms with Crippen molar-refractivity contribution in [2.45, 2.75) is 31.7 Å². The van der Waals surface area contributed by atoms with E-state index in [1.54, 1.807) is 4.90 Å². The molecular weight excluding hydrogens is 326 g/mol. The second-order valence-electron chi connectivity index (χ2n) is 7.35. The van der Waals surface area contributed by atoms with E-state index in [1.165, 1.54) is 16.5 Å². The highest BCUT2D eigenvalue weighted by molar-refractivity contribution is 5.94. The first-order valence-electron chi connectivity index (χ1n) is 9.47. The Morgan fingerprint density at radius 3 is 2.42 bits per heavy atom. The summed E-state index contributed by atoms with van der Waals surface area (Å²) >= 11 is 0. The third-order valence-corrected chi connectivity index (χ3v) is 5.82. The molecule has 0 radical (unpaired) electrons. The van der Waals surface area contributed by atoms with Gasteiger partial charge in [-0.3, -0.25) is 9.59 Å². The summed E-state index contributed by atoms with van der Waals surface area (Å²) in [7, 11) is 0. The summed E-state index contributed by atoms with van der Waals surface area (Å²) in [5.41, 5.74) is 6.71. The minimum Gasteiger partial charge on any atom is -0.371 e. The van der Waals surface area contributed by atoms with Gasteiger partial charge in [-0.05, 0) is 37.1 Å². The summed E-state index contributed by atoms with van der Waals surface area (Å²) in [6, 6.07) is 14.4. The lowest BCUT2D eigenvalue weighted by Crippen LogP contribution is -2.48. The molecule has 0 saturated carbocycles. The van der Waals surface area contributed by atoms with Crippen molar-refractivity contribution in [1.82, 2.24) is 4.90 Å². The van der Waals surface area contributed by atoms with Gasteiger partial charge < -0.3 is 15.5 Å². The maximum absolute atomic E-state index is 12.9. The molecule has 1 atom stereocenters. The molecule has 2 saturated heterocycles. The molecule has 2 aromatic rings. The Balaban J connectivity index is 1.45. The average Bonchev–Trinajstić information content (AvgIpc) is 3.17. The fraction of sp³-hybridized carbons (Fsp3) is 0.429. The van der Waals surface area contributed by atoms with E-state index in [2.05, 4.69) is 47.4 Å². The first kappa shape index (κ1) is 16.9. The molecule has 26 heavy (non-hydrogen) atoms. The zero-order valence-corrected chi connectivity index (χ0v) is 14.9. The minimum atomic E-state index is -0.404. The van der Waals surface area contributed by atoms with Gasteiger partial charge in [0.15, 0.2) is 0 Å². The Kier molecular flexibility index (Phi) is 4.53. The maximum Gasteiger partial charge on any atom is 0.240 e. The van der Waals surface area contributed by atoms with Crippen LogP contribution in [0.15, 0.2) is 42.5 Å². The van der Waals surface area contributed by atoms with E-state index in [1.807, 2.05) is 0 Å². The van der Waals surface area contributed by atoms with Gasteiger partial charge in [0.1, 0.15) is 6.04 Å². The molecule has 5 nitrogen and oxygen atoms in total. The van der Waals surface area contributed by atoms with Crippen molar-refractivity contribution >= 4 is 28.3 Å². The molecule has 0 aliphatic carbocycles. The smallest absolute Gasteiger partial charge is 0.240 e. The first-order chi connectivity index (χ1) is 12.6. The van der Waals surface area contributed by atoms with E-state index >= 15 is 0 Å². The number of anilines is 1. The van der Waals surface area contributed by atoms with Crippen LogP contribution in [0.5, 0.6) is 0 Å². The normalized spacial score (nSPS) is 21.3. The SMILES string of the molecule is NC(=O)C1CCCN1C(=O)C1CCN(c2cccc3ccccc23)CC1. The van der Waals surface area contributed by atoms with Crippen LogP contribution in [0.1, 0.15) is 25.7 Å². The maximum atomic E-state index is 12.9. The van der Waals surface area contributed by atoms with Gasteiger partial charge in [-0.25, -0.2) is 0 Å². The number of hydrogen-bond donors (Lipinski definition) is 1. The molecule has 2 aromatic carbocycles. The first-order valence-corrected chi connectivity index (χ1v) is 9.47. The lowest BCUT2D eigenvalue weighted by atomic mass is 9.94. The average molecular weight is 351 g/mol. The number of likely N-dealkylation sites (tertiary alicyclic amines) is 1. The van der Waals surface area contributed by atoms with E-state index < -0.39 is 6.04 Å². The van der Waals surface area contributed by atoms with Gasteiger partial charge in [-0.15, -0.1) is 0 Å². The number of benzene rings is 2. The summed E-state index contributed by atoms with van der Waals surface area (Å²) in [4.78, 5) is 28.6. The summed E-state index contributed by atoms with van der Waals surface area (Å²) in [5, 5.41) is 2.50. The Morgan fingerprint density at radius 1 is 0.923 bits per heavy atom. The fourth-order valence-corrected chi connectivity index (χ4v) is 4.41. The van der Waals surface area contributed by atoms with Gasteiger partial charge in [0, 0.05) is 36.6 Å². The Bertz CT molecular complexity index is 822. The molecule has 1 unspecified atom stereocenters. The minimum absolute atomic E-state index is 0.00109. The number of hydrogen-bond acceptors (Lipinski definition) is 3. The van der Waals surface area contributed by atoms with Crippen molar-refractivity contribution in [3.05, 3.63) is 42.5 Å². The molecule has 2 fully saturated rings. The van der Waals surface area contributed by atoms with E-state index in [-0.39, 0.29) is 17.7 Å². The summed E-state index contributed by atoms with van der Waals surface area (Å²) in [6.07, 6.45) is 3.22. The quantitative estimate of drug-likeness (QED) is 0.924. The highest BCUT2D eigenvalue weighted by atomic mass is 16.2. The number of carbonyl (C=O) groups is 2. The Morgan fingerprint density at radius 2 is 1.65 bits per heavy atom. The molecular formula is C21H25N3O2. The predicted octanol–water partition coefficient (Wildman–Crippen LogP) is 2.53. The molecule has 0 spiro atoms. The van der Waals surface area contributed by atoms with Crippen molar-refractivity contribution in [3.8, 4) is 0 Å². The third kappa shape index (κ3) is 3.02. The van der Waals surface area contributed by atoms with Crippen molar-refractivity contribution < 1.29 is 9.59 Å². The second kappa shape index (κ2) is 6.98. The van der Waals surface area contributed by atoms with E-state index in [0.29, 0.717) is 13.0 Å². The highest BCUT2D eigenvalue weighted by Gasteiger charge is 2.37. The molecule has 0 bridgehead atoms. The van der Waals surface area contributed by atoms with Crippen molar-refractivity contribution in [3.63, 3.8) is 0 Å². The lowest BCUT2D eigenvalue weighted by Gasteiger charge is -2.36. The van der Waals surface area contributed by atoms with Gasteiger partial charge >= 0.3 is 0 Å². The predicted molar refractivity (Wildman–Crippen MR) is 103 cm³/mol. The highest BCUT2D eigenvalue weighted by Crippen LogP contribution is 2.31. The zero-order chi connectivity index (χ0) is 18.1. The van der Waals surface area contributed by atoms with Crippen LogP contribution < -0.4 is 10.6 Å². The number of carbonyl (C=O) groups excluding carboxylic acids is 2. The molecule has 2 aliphatic heterocycles. The molecule has 0 aromatic heterocycles. The standard InChI is InChI=1S/C21H25N3O2/c22-20(25)19-9-4-12-24(19)21(26)16-10-13-23(14-11-16)18-8-3-6-15-5-1-2-7-17(15)18/h1-3,5-8,16,19H,4,9-14H2,(H2,22,25). The van der Waals surface area contributed by atoms with Crippen LogP contribution in [0.3, 0.4) is 0 Å². The second-order valence-corrected chi connectivity index (χ2v) is 7.35. The monoisotopic (exact) mass is 351 g/mol. The van der Waals surface area contributed by atoms with Gasteiger partial charge in [-0.1, -0.05) is 36.4 Å². The topological polar surface area (TPSA) is 66.6 Å². The van der Waals surface area contributed by atoms with E-state index in [4.69, 9.17) is 5.73 Å². The number of nitrogens with two attached hydrogens (primary N) is 1. The third-order valence-electron chi connectivity index (χ3n) is 5.82. The summed E-state index contributed by atoms with van der Waals surface area (Å²) in [5.74, 6) is -0.255. The van der Waals surface area contributed by atoms with Gasteiger partial charge in [0.25, 0.3) is 0 Å². The molecule has 4 rings (SSSR count). The van der Waals surface area contributed by atoms with Crippen LogP contribution >= 0.6 is 0 Å². The fourth-order valence-electron chi connectivity index (χ4n) is 4.41. The summed E-state index contributed by atoms with van der Waals surface area (Å²) in [6.45, 7) is 2.38. The van der Waals surface area contributed by atoms with Crippen molar-refractivity contribution in [2.24, 2.45) is 11.7 Å². The van der Waals surface area contributed by atoms with E-state index in [9.17, 15) is 9.59 Å². The Hall–Kier alpha value is -2.56. The van der Waals surface area contributed by atoms with E-state index in [0.717, 1.165) is 32.4 Å². The molecule has 2 aliphatic rings. The van der Waals surface area contributed by atoms with Crippen LogP contribution in [-0.4, -0.2) is 42.4 Å². The molecule has 136 valence electrons.